The Balaban J connectivity index is 1.30. The van der Waals surface area contributed by atoms with Gasteiger partial charge in [-0.1, -0.05) is 18.2 Å². The van der Waals surface area contributed by atoms with Gasteiger partial charge in [-0.05, 0) is 55.8 Å². The maximum Gasteiger partial charge on any atom is 0.326 e. The monoisotopic (exact) mass is 618 g/mol. The Morgan fingerprint density at radius 3 is 2.64 bits per heavy atom. The van der Waals surface area contributed by atoms with Crippen LogP contribution in [0, 0.1) is 11.6 Å². The molecule has 1 saturated heterocycles. The van der Waals surface area contributed by atoms with E-state index >= 15 is 0 Å². The molecule has 11 nitrogen and oxygen atoms in total. The van der Waals surface area contributed by atoms with Crippen molar-refractivity contribution in [2.75, 3.05) is 19.6 Å². The molecule has 45 heavy (non-hydrogen) atoms. The number of halogens is 2. The van der Waals surface area contributed by atoms with Gasteiger partial charge in [0.1, 0.15) is 46.7 Å². The average molecular weight is 619 g/mol. The molecule has 4 aromatic rings. The van der Waals surface area contributed by atoms with Crippen molar-refractivity contribution >= 4 is 17.8 Å². The number of likely N-dealkylation sites (tertiary alicyclic amines) is 1. The number of rotatable bonds is 11. The second kappa shape index (κ2) is 13.6. The number of carboxylic acid groups (broad SMARTS) is 1. The fourth-order valence-electron chi connectivity index (χ4n) is 5.22. The highest BCUT2D eigenvalue weighted by molar-refractivity contribution is 5.96. The number of carbonyl (C=O) groups excluding carboxylic acids is 2. The van der Waals surface area contributed by atoms with Gasteiger partial charge < -0.3 is 30.4 Å². The first-order chi connectivity index (χ1) is 21.7. The molecule has 0 radical (unpaired) electrons. The number of aromatic nitrogens is 3. The number of pyridine rings is 1. The summed E-state index contributed by atoms with van der Waals surface area (Å²) in [5.41, 5.74) is 7.03. The number of nitrogens with two attached hydrogens (primary N) is 1. The van der Waals surface area contributed by atoms with Crippen LogP contribution in [0.1, 0.15) is 40.2 Å². The Morgan fingerprint density at radius 2 is 1.89 bits per heavy atom. The van der Waals surface area contributed by atoms with Crippen LogP contribution >= 0.6 is 0 Å². The molecule has 0 saturated carbocycles. The molecule has 2 atom stereocenters. The zero-order valence-corrected chi connectivity index (χ0v) is 24.5. The molecule has 2 aromatic carbocycles. The van der Waals surface area contributed by atoms with Crippen molar-refractivity contribution in [1.82, 2.24) is 24.8 Å². The summed E-state index contributed by atoms with van der Waals surface area (Å²) in [6.07, 6.45) is 2.20. The summed E-state index contributed by atoms with van der Waals surface area (Å²) in [5.74, 6) is -3.17. The van der Waals surface area contributed by atoms with E-state index in [4.69, 9.17) is 10.5 Å². The number of carbonyl (C=O) groups is 3. The van der Waals surface area contributed by atoms with E-state index in [-0.39, 0.29) is 41.6 Å². The first-order valence-electron chi connectivity index (χ1n) is 14.4. The van der Waals surface area contributed by atoms with Crippen molar-refractivity contribution in [2.24, 2.45) is 12.8 Å². The van der Waals surface area contributed by atoms with Gasteiger partial charge in [0.05, 0.1) is 24.0 Å². The summed E-state index contributed by atoms with van der Waals surface area (Å²) in [6, 6.07) is 14.0. The van der Waals surface area contributed by atoms with Crippen LogP contribution in [0.4, 0.5) is 8.78 Å². The van der Waals surface area contributed by atoms with E-state index < -0.39 is 35.7 Å². The van der Waals surface area contributed by atoms with Crippen molar-refractivity contribution in [3.05, 3.63) is 89.9 Å². The zero-order chi connectivity index (χ0) is 32.1. The maximum atomic E-state index is 14.4. The number of ether oxygens (including phenoxy) is 1. The highest BCUT2D eigenvalue weighted by atomic mass is 19.1. The molecular weight excluding hydrogens is 586 g/mol. The number of hydrogen-bond donors (Lipinski definition) is 3. The van der Waals surface area contributed by atoms with Gasteiger partial charge in [0.2, 0.25) is 0 Å². The lowest BCUT2D eigenvalue weighted by atomic mass is 10.1. The van der Waals surface area contributed by atoms with Gasteiger partial charge in [-0.3, -0.25) is 9.59 Å². The molecule has 2 amide bonds. The van der Waals surface area contributed by atoms with Crippen molar-refractivity contribution in [2.45, 2.75) is 31.4 Å². The van der Waals surface area contributed by atoms with Crippen LogP contribution < -0.4 is 15.8 Å². The van der Waals surface area contributed by atoms with E-state index in [0.29, 0.717) is 30.1 Å². The van der Waals surface area contributed by atoms with Crippen LogP contribution in [0.5, 0.6) is 5.75 Å². The minimum absolute atomic E-state index is 0.00147. The third-order valence-electron chi connectivity index (χ3n) is 7.52. The lowest BCUT2D eigenvalue weighted by Crippen LogP contribution is -2.41. The summed E-state index contributed by atoms with van der Waals surface area (Å²) in [5, 5.41) is 12.7. The summed E-state index contributed by atoms with van der Waals surface area (Å²) >= 11 is 0. The fourth-order valence-corrected chi connectivity index (χ4v) is 5.22. The third kappa shape index (κ3) is 6.99. The number of nitrogens with zero attached hydrogens (tertiary/aromatic N) is 4. The van der Waals surface area contributed by atoms with Crippen molar-refractivity contribution < 1.29 is 33.0 Å². The summed E-state index contributed by atoms with van der Waals surface area (Å²) in [7, 11) is 1.50. The van der Waals surface area contributed by atoms with E-state index in [1.54, 1.807) is 36.4 Å². The molecule has 0 aliphatic carbocycles. The predicted octanol–water partition coefficient (Wildman–Crippen LogP) is 3.64. The van der Waals surface area contributed by atoms with Crippen LogP contribution in [0.2, 0.25) is 0 Å². The molecular formula is C32H32F2N6O5. The van der Waals surface area contributed by atoms with E-state index in [1.807, 2.05) is 6.07 Å². The summed E-state index contributed by atoms with van der Waals surface area (Å²) in [4.78, 5) is 48.0. The molecule has 13 heteroatoms. The molecule has 5 rings (SSSR count). The smallest absolute Gasteiger partial charge is 0.326 e. The van der Waals surface area contributed by atoms with Crippen molar-refractivity contribution in [1.29, 1.82) is 0 Å². The number of amides is 2. The van der Waals surface area contributed by atoms with Crippen LogP contribution in [0.15, 0.2) is 66.9 Å². The molecule has 1 aliphatic rings. The van der Waals surface area contributed by atoms with Crippen LogP contribution in [-0.4, -0.2) is 74.1 Å². The Labute approximate surface area is 257 Å². The van der Waals surface area contributed by atoms with Gasteiger partial charge in [0.25, 0.3) is 11.8 Å². The van der Waals surface area contributed by atoms with E-state index in [0.717, 1.165) is 25.0 Å². The Kier molecular flexibility index (Phi) is 9.48. The third-order valence-corrected chi connectivity index (χ3v) is 7.52. The normalized spacial score (nSPS) is 16.0. The number of aliphatic carboxylic acids is 1. The van der Waals surface area contributed by atoms with Crippen LogP contribution in [0.25, 0.3) is 22.6 Å². The lowest BCUT2D eigenvalue weighted by molar-refractivity contribution is -0.141. The molecule has 0 spiro atoms. The number of hydrogen-bond acceptors (Lipinski definition) is 7. The Morgan fingerprint density at radius 1 is 1.09 bits per heavy atom. The Hall–Kier alpha value is -5.17. The fraction of sp³-hybridized carbons (Fsp3) is 0.281. The molecule has 0 bridgehead atoms. The van der Waals surface area contributed by atoms with Crippen LogP contribution in [0.3, 0.4) is 0 Å². The first kappa shape index (κ1) is 31.3. The average Bonchev–Trinajstić information content (AvgIpc) is 3.63. The number of unbranched alkanes of at least 4 members (excludes halogenated alkanes) is 1. The zero-order valence-electron chi connectivity index (χ0n) is 24.5. The Bertz CT molecular complexity index is 1730. The highest BCUT2D eigenvalue weighted by Crippen LogP contribution is 2.29. The minimum atomic E-state index is -1.20. The molecule has 234 valence electrons. The molecule has 2 aromatic heterocycles. The largest absolute Gasteiger partial charge is 0.488 e. The van der Waals surface area contributed by atoms with E-state index in [1.165, 1.54) is 28.8 Å². The van der Waals surface area contributed by atoms with Crippen molar-refractivity contribution in [3.63, 3.8) is 0 Å². The second-order valence-corrected chi connectivity index (χ2v) is 10.6. The number of imidazole rings is 1. The number of carboxylic acids is 1. The SMILES string of the molecule is Cn1c(C(=O)N2C[C@@H](Oc3cccc(-c4cccc(C(=O)NCCCCN)n4)c3)C[C@H]2C(=O)O)cnc1-c1ccc(F)cc1F. The highest BCUT2D eigenvalue weighted by Gasteiger charge is 2.42. The lowest BCUT2D eigenvalue weighted by Gasteiger charge is -2.21. The topological polar surface area (TPSA) is 153 Å². The number of nitrogens with one attached hydrogen (secondary N) is 1. The quantitative estimate of drug-likeness (QED) is 0.216. The summed E-state index contributed by atoms with van der Waals surface area (Å²) in [6.45, 7) is 1.03. The second-order valence-electron chi connectivity index (χ2n) is 10.6. The molecule has 1 fully saturated rings. The predicted molar refractivity (Wildman–Crippen MR) is 160 cm³/mol. The van der Waals surface area contributed by atoms with Gasteiger partial charge in [0.15, 0.2) is 0 Å². The van der Waals surface area contributed by atoms with E-state index in [2.05, 4.69) is 15.3 Å². The van der Waals surface area contributed by atoms with Gasteiger partial charge in [-0.15, -0.1) is 0 Å². The molecule has 3 heterocycles. The number of benzene rings is 2. The molecule has 4 N–H and O–H groups in total. The molecule has 1 aliphatic heterocycles. The first-order valence-corrected chi connectivity index (χ1v) is 14.4. The van der Waals surface area contributed by atoms with E-state index in [9.17, 15) is 28.3 Å². The van der Waals surface area contributed by atoms with Crippen molar-refractivity contribution in [3.8, 4) is 28.4 Å². The van der Waals surface area contributed by atoms with Gasteiger partial charge >= 0.3 is 5.97 Å². The van der Waals surface area contributed by atoms with Gasteiger partial charge in [0, 0.05) is 31.6 Å². The minimum Gasteiger partial charge on any atom is -0.488 e. The molecule has 0 unspecified atom stereocenters. The summed E-state index contributed by atoms with van der Waals surface area (Å²) < 4.78 is 35.3. The maximum absolute atomic E-state index is 14.4. The standard InChI is InChI=1S/C32H32F2N6O5/c1-39-28(17-37-29(39)23-11-10-20(33)15-24(23)34)31(42)40-18-22(16-27(40)32(43)44)45-21-7-4-6-19(14-21)25-8-5-9-26(38-25)30(41)36-13-3-2-12-35/h4-11,14-15,17,22,27H,2-3,12-13,16,18,35H2,1H3,(H,36,41)(H,43,44)/t22-,27-/m0/s1. The van der Waals surface area contributed by atoms with Crippen LogP contribution in [-0.2, 0) is 11.8 Å². The van der Waals surface area contributed by atoms with Gasteiger partial charge in [-0.25, -0.2) is 23.5 Å². The van der Waals surface area contributed by atoms with Gasteiger partial charge in [-0.2, -0.15) is 0 Å².